The molecule has 0 fully saturated rings. The zero-order chi connectivity index (χ0) is 19.3. The van der Waals surface area contributed by atoms with Crippen LogP contribution in [0.2, 0.25) is 0 Å². The Balaban J connectivity index is 1.42. The van der Waals surface area contributed by atoms with Crippen molar-refractivity contribution in [2.24, 2.45) is 5.10 Å². The number of hydrazone groups is 1. The molecule has 0 aliphatic rings. The molecule has 1 heterocycles. The van der Waals surface area contributed by atoms with E-state index < -0.39 is 0 Å². The van der Waals surface area contributed by atoms with E-state index in [1.54, 1.807) is 23.5 Å². The fraction of sp³-hybridized carbons (Fsp3) is 0.0455. The molecule has 0 aliphatic carbocycles. The molecule has 0 bridgehead atoms. The van der Waals surface area contributed by atoms with Gasteiger partial charge >= 0.3 is 0 Å². The first-order valence-corrected chi connectivity index (χ1v) is 9.63. The van der Waals surface area contributed by atoms with Crippen LogP contribution in [0.1, 0.15) is 22.8 Å². The van der Waals surface area contributed by atoms with Gasteiger partial charge in [-0.2, -0.15) is 5.10 Å². The molecule has 138 valence electrons. The average Bonchev–Trinajstić information content (AvgIpc) is 3.16. The molecule has 1 aromatic heterocycles. The number of hydrogen-bond donors (Lipinski definition) is 2. The Kier molecular flexibility index (Phi) is 5.12. The molecule has 4 aromatic rings. The molecule has 1 amide bonds. The van der Waals surface area contributed by atoms with E-state index in [0.717, 1.165) is 32.3 Å². The van der Waals surface area contributed by atoms with Crippen molar-refractivity contribution in [2.45, 2.75) is 6.92 Å². The van der Waals surface area contributed by atoms with Crippen LogP contribution in [0.25, 0.3) is 10.2 Å². The van der Waals surface area contributed by atoms with Gasteiger partial charge in [-0.25, -0.2) is 4.98 Å². The zero-order valence-corrected chi connectivity index (χ0v) is 16.0. The summed E-state index contributed by atoms with van der Waals surface area (Å²) < 4.78 is 1.12. The third-order valence-corrected chi connectivity index (χ3v) is 5.15. The number of aromatic nitrogens is 1. The molecule has 6 heteroatoms. The number of amides is 1. The predicted molar refractivity (Wildman–Crippen MR) is 116 cm³/mol. The SMILES string of the molecule is CC(=NNc1nc2ccccc2s1)c1ccc(NC(=O)c2ccccc2)cc1. The summed E-state index contributed by atoms with van der Waals surface area (Å²) >= 11 is 1.56. The number of rotatable bonds is 5. The summed E-state index contributed by atoms with van der Waals surface area (Å²) in [5.41, 5.74) is 7.15. The molecule has 0 aliphatic heterocycles. The Morgan fingerprint density at radius 1 is 0.893 bits per heavy atom. The van der Waals surface area contributed by atoms with Gasteiger partial charge in [-0.15, -0.1) is 0 Å². The van der Waals surface area contributed by atoms with Gasteiger partial charge in [-0.05, 0) is 48.9 Å². The van der Waals surface area contributed by atoms with Gasteiger partial charge in [-0.1, -0.05) is 53.8 Å². The van der Waals surface area contributed by atoms with Gasteiger partial charge in [0, 0.05) is 11.3 Å². The Morgan fingerprint density at radius 3 is 2.36 bits per heavy atom. The zero-order valence-electron chi connectivity index (χ0n) is 15.2. The second-order valence-corrected chi connectivity index (χ2v) is 7.22. The maximum Gasteiger partial charge on any atom is 0.255 e. The van der Waals surface area contributed by atoms with Gasteiger partial charge in [-0.3, -0.25) is 10.2 Å². The van der Waals surface area contributed by atoms with Crippen LogP contribution >= 0.6 is 11.3 Å². The molecule has 0 saturated heterocycles. The van der Waals surface area contributed by atoms with Crippen molar-refractivity contribution >= 4 is 44.0 Å². The number of nitrogens with one attached hydrogen (secondary N) is 2. The fourth-order valence-corrected chi connectivity index (χ4v) is 3.51. The second kappa shape index (κ2) is 8.02. The van der Waals surface area contributed by atoms with Crippen LogP contribution in [0, 0.1) is 0 Å². The molecular weight excluding hydrogens is 368 g/mol. The van der Waals surface area contributed by atoms with E-state index in [-0.39, 0.29) is 5.91 Å². The second-order valence-electron chi connectivity index (χ2n) is 6.19. The molecule has 0 unspecified atom stereocenters. The first-order valence-electron chi connectivity index (χ1n) is 8.82. The summed E-state index contributed by atoms with van der Waals surface area (Å²) in [4.78, 5) is 16.7. The topological polar surface area (TPSA) is 66.4 Å². The highest BCUT2D eigenvalue weighted by atomic mass is 32.1. The minimum atomic E-state index is -0.128. The van der Waals surface area contributed by atoms with Gasteiger partial charge in [0.1, 0.15) is 0 Å². The average molecular weight is 386 g/mol. The first kappa shape index (κ1) is 17.9. The quantitative estimate of drug-likeness (QED) is 0.357. The van der Waals surface area contributed by atoms with Crippen molar-refractivity contribution in [1.29, 1.82) is 0 Å². The lowest BCUT2D eigenvalue weighted by Gasteiger charge is -2.07. The summed E-state index contributed by atoms with van der Waals surface area (Å²) in [7, 11) is 0. The number of fused-ring (bicyclic) bond motifs is 1. The van der Waals surface area contributed by atoms with Crippen LogP contribution in [0.15, 0.2) is 84.0 Å². The van der Waals surface area contributed by atoms with E-state index in [9.17, 15) is 4.79 Å². The van der Waals surface area contributed by atoms with Crippen molar-refractivity contribution in [3.05, 3.63) is 90.0 Å². The lowest BCUT2D eigenvalue weighted by Crippen LogP contribution is -2.11. The number of benzene rings is 3. The lowest BCUT2D eigenvalue weighted by atomic mass is 10.1. The number of carbonyl (C=O) groups is 1. The van der Waals surface area contributed by atoms with Crippen LogP contribution in [-0.4, -0.2) is 16.6 Å². The highest BCUT2D eigenvalue weighted by Gasteiger charge is 2.06. The van der Waals surface area contributed by atoms with Crippen LogP contribution in [0.4, 0.5) is 10.8 Å². The van der Waals surface area contributed by atoms with E-state index >= 15 is 0 Å². The Labute approximate surface area is 166 Å². The summed E-state index contributed by atoms with van der Waals surface area (Å²) in [6.07, 6.45) is 0. The van der Waals surface area contributed by atoms with Crippen molar-refractivity contribution in [3.8, 4) is 0 Å². The summed E-state index contributed by atoms with van der Waals surface area (Å²) in [6.45, 7) is 1.93. The lowest BCUT2D eigenvalue weighted by molar-refractivity contribution is 0.102. The van der Waals surface area contributed by atoms with Crippen molar-refractivity contribution < 1.29 is 4.79 Å². The van der Waals surface area contributed by atoms with Gasteiger partial charge in [0.15, 0.2) is 0 Å². The van der Waals surface area contributed by atoms with Crippen molar-refractivity contribution in [2.75, 3.05) is 10.7 Å². The number of thiazole rings is 1. The molecule has 2 N–H and O–H groups in total. The Morgan fingerprint density at radius 2 is 1.61 bits per heavy atom. The molecule has 3 aromatic carbocycles. The molecule has 28 heavy (non-hydrogen) atoms. The van der Waals surface area contributed by atoms with E-state index in [0.29, 0.717) is 5.56 Å². The number of anilines is 2. The maximum atomic E-state index is 12.2. The Hall–Kier alpha value is -3.51. The molecule has 4 rings (SSSR count). The third kappa shape index (κ3) is 4.07. The molecular formula is C22H18N4OS. The van der Waals surface area contributed by atoms with Crippen LogP contribution in [0.5, 0.6) is 0 Å². The van der Waals surface area contributed by atoms with Crippen LogP contribution in [0.3, 0.4) is 0 Å². The van der Waals surface area contributed by atoms with E-state index in [4.69, 9.17) is 0 Å². The fourth-order valence-electron chi connectivity index (χ4n) is 2.70. The highest BCUT2D eigenvalue weighted by molar-refractivity contribution is 7.22. The standard InChI is InChI=1S/C22H18N4OS/c1-15(25-26-22-24-19-9-5-6-10-20(19)28-22)16-11-13-18(14-12-16)23-21(27)17-7-3-2-4-8-17/h2-14H,1H3,(H,23,27)(H,24,26). The van der Waals surface area contributed by atoms with Crippen molar-refractivity contribution in [3.63, 3.8) is 0 Å². The van der Waals surface area contributed by atoms with E-state index in [1.807, 2.05) is 73.7 Å². The smallest absolute Gasteiger partial charge is 0.255 e. The number of hydrogen-bond acceptors (Lipinski definition) is 5. The van der Waals surface area contributed by atoms with Crippen molar-refractivity contribution in [1.82, 2.24) is 4.98 Å². The van der Waals surface area contributed by atoms with E-state index in [1.165, 1.54) is 0 Å². The first-order chi connectivity index (χ1) is 13.7. The van der Waals surface area contributed by atoms with Gasteiger partial charge in [0.05, 0.1) is 15.9 Å². The van der Waals surface area contributed by atoms with Gasteiger partial charge in [0.25, 0.3) is 5.91 Å². The molecule has 0 spiro atoms. The molecule has 0 atom stereocenters. The largest absolute Gasteiger partial charge is 0.322 e. The number of para-hydroxylation sites is 1. The minimum Gasteiger partial charge on any atom is -0.322 e. The molecule has 5 nitrogen and oxygen atoms in total. The Bertz CT molecular complexity index is 1100. The maximum absolute atomic E-state index is 12.2. The summed E-state index contributed by atoms with van der Waals surface area (Å²) in [6, 6.07) is 24.7. The van der Waals surface area contributed by atoms with Crippen LogP contribution < -0.4 is 10.7 Å². The summed E-state index contributed by atoms with van der Waals surface area (Å²) in [5.74, 6) is -0.128. The normalized spacial score (nSPS) is 11.4. The van der Waals surface area contributed by atoms with Gasteiger partial charge < -0.3 is 5.32 Å². The third-order valence-electron chi connectivity index (χ3n) is 4.21. The predicted octanol–water partition coefficient (Wildman–Crippen LogP) is 5.38. The number of carbonyl (C=O) groups excluding carboxylic acids is 1. The minimum absolute atomic E-state index is 0.128. The highest BCUT2D eigenvalue weighted by Crippen LogP contribution is 2.25. The monoisotopic (exact) mass is 386 g/mol. The van der Waals surface area contributed by atoms with Gasteiger partial charge in [0.2, 0.25) is 5.13 Å². The molecule has 0 saturated carbocycles. The van der Waals surface area contributed by atoms with Crippen LogP contribution in [-0.2, 0) is 0 Å². The van der Waals surface area contributed by atoms with E-state index in [2.05, 4.69) is 20.8 Å². The summed E-state index contributed by atoms with van der Waals surface area (Å²) in [5, 5.41) is 8.08. The molecule has 0 radical (unpaired) electrons. The number of nitrogens with zero attached hydrogens (tertiary/aromatic N) is 2.